The van der Waals surface area contributed by atoms with E-state index in [0.717, 1.165) is 22.3 Å². The SMILES string of the molecule is COC(CNc1nc2ccccc2cc1C)CC(=O)O. The van der Waals surface area contributed by atoms with Gasteiger partial charge in [0, 0.05) is 19.0 Å². The smallest absolute Gasteiger partial charge is 0.306 e. The Morgan fingerprint density at radius 1 is 1.45 bits per heavy atom. The van der Waals surface area contributed by atoms with Crippen LogP contribution in [0.1, 0.15) is 12.0 Å². The van der Waals surface area contributed by atoms with Crippen LogP contribution in [0.25, 0.3) is 10.9 Å². The number of aliphatic carboxylic acids is 1. The van der Waals surface area contributed by atoms with Crippen LogP contribution in [-0.2, 0) is 9.53 Å². The second-order valence-corrected chi connectivity index (χ2v) is 4.68. The van der Waals surface area contributed by atoms with Gasteiger partial charge in [0.05, 0.1) is 18.0 Å². The number of methoxy groups -OCH3 is 1. The van der Waals surface area contributed by atoms with Gasteiger partial charge in [0.25, 0.3) is 0 Å². The number of carboxylic acid groups (broad SMARTS) is 1. The topological polar surface area (TPSA) is 71.5 Å². The molecule has 0 radical (unpaired) electrons. The van der Waals surface area contributed by atoms with Crippen LogP contribution in [0.5, 0.6) is 0 Å². The Morgan fingerprint density at radius 2 is 2.20 bits per heavy atom. The van der Waals surface area contributed by atoms with Gasteiger partial charge in [-0.3, -0.25) is 4.79 Å². The summed E-state index contributed by atoms with van der Waals surface area (Å²) in [4.78, 5) is 15.2. The molecule has 0 aliphatic carbocycles. The molecule has 1 atom stereocenters. The van der Waals surface area contributed by atoms with Crippen molar-refractivity contribution in [3.63, 3.8) is 0 Å². The molecule has 2 aromatic rings. The molecule has 2 rings (SSSR count). The van der Waals surface area contributed by atoms with E-state index in [4.69, 9.17) is 9.84 Å². The quantitative estimate of drug-likeness (QED) is 0.846. The van der Waals surface area contributed by atoms with E-state index in [9.17, 15) is 4.79 Å². The van der Waals surface area contributed by atoms with Gasteiger partial charge < -0.3 is 15.2 Å². The summed E-state index contributed by atoms with van der Waals surface area (Å²) in [5, 5.41) is 13.0. The van der Waals surface area contributed by atoms with Gasteiger partial charge in [-0.25, -0.2) is 4.98 Å². The number of fused-ring (bicyclic) bond motifs is 1. The standard InChI is InChI=1S/C15H18N2O3/c1-10-7-11-5-3-4-6-13(11)17-15(10)16-9-12(20-2)8-14(18)19/h3-7,12H,8-9H2,1-2H3,(H,16,17)(H,18,19). The van der Waals surface area contributed by atoms with Crippen molar-refractivity contribution < 1.29 is 14.6 Å². The molecular weight excluding hydrogens is 256 g/mol. The molecule has 1 aromatic carbocycles. The molecule has 0 saturated heterocycles. The Labute approximate surface area is 117 Å². The van der Waals surface area contributed by atoms with E-state index < -0.39 is 5.97 Å². The van der Waals surface area contributed by atoms with Crippen molar-refractivity contribution in [2.45, 2.75) is 19.4 Å². The van der Waals surface area contributed by atoms with Gasteiger partial charge in [-0.1, -0.05) is 18.2 Å². The second kappa shape index (κ2) is 6.34. The van der Waals surface area contributed by atoms with Gasteiger partial charge in [-0.05, 0) is 24.6 Å². The second-order valence-electron chi connectivity index (χ2n) is 4.68. The summed E-state index contributed by atoms with van der Waals surface area (Å²) >= 11 is 0. The summed E-state index contributed by atoms with van der Waals surface area (Å²) in [6, 6.07) is 9.94. The highest BCUT2D eigenvalue weighted by atomic mass is 16.5. The Bertz CT molecular complexity index is 613. The summed E-state index contributed by atoms with van der Waals surface area (Å²) < 4.78 is 5.14. The summed E-state index contributed by atoms with van der Waals surface area (Å²) in [6.45, 7) is 2.38. The van der Waals surface area contributed by atoms with Gasteiger partial charge in [0.15, 0.2) is 0 Å². The number of anilines is 1. The number of aromatic nitrogens is 1. The number of carbonyl (C=O) groups is 1. The van der Waals surface area contributed by atoms with E-state index in [1.54, 1.807) is 0 Å². The molecule has 0 amide bonds. The number of ether oxygens (including phenoxy) is 1. The van der Waals surface area contributed by atoms with Crippen LogP contribution >= 0.6 is 0 Å². The van der Waals surface area contributed by atoms with E-state index in [-0.39, 0.29) is 12.5 Å². The van der Waals surface area contributed by atoms with Crippen molar-refractivity contribution >= 4 is 22.7 Å². The molecule has 5 nitrogen and oxygen atoms in total. The zero-order valence-corrected chi connectivity index (χ0v) is 11.6. The van der Waals surface area contributed by atoms with Crippen LogP contribution in [0.15, 0.2) is 30.3 Å². The Hall–Kier alpha value is -2.14. The number of carboxylic acids is 1. The molecule has 0 fully saturated rings. The molecule has 106 valence electrons. The van der Waals surface area contributed by atoms with Gasteiger partial charge >= 0.3 is 5.97 Å². The largest absolute Gasteiger partial charge is 0.481 e. The van der Waals surface area contributed by atoms with Crippen LogP contribution in [0, 0.1) is 6.92 Å². The van der Waals surface area contributed by atoms with E-state index in [2.05, 4.69) is 16.4 Å². The lowest BCUT2D eigenvalue weighted by molar-refractivity contribution is -0.139. The van der Waals surface area contributed by atoms with Crippen molar-refractivity contribution in [2.75, 3.05) is 19.0 Å². The number of nitrogens with one attached hydrogen (secondary N) is 1. The third-order valence-electron chi connectivity index (χ3n) is 3.15. The number of hydrogen-bond donors (Lipinski definition) is 2. The Kier molecular flexibility index (Phi) is 4.53. The summed E-state index contributed by atoms with van der Waals surface area (Å²) in [5.74, 6) is -0.113. The first-order chi connectivity index (χ1) is 9.60. The van der Waals surface area contributed by atoms with E-state index in [0.29, 0.717) is 6.54 Å². The Balaban J connectivity index is 2.12. The fourth-order valence-corrected chi connectivity index (χ4v) is 2.04. The lowest BCUT2D eigenvalue weighted by atomic mass is 10.1. The number of benzene rings is 1. The fourth-order valence-electron chi connectivity index (χ4n) is 2.04. The summed E-state index contributed by atoms with van der Waals surface area (Å²) in [7, 11) is 1.51. The minimum Gasteiger partial charge on any atom is -0.481 e. The zero-order chi connectivity index (χ0) is 14.5. The Morgan fingerprint density at radius 3 is 2.90 bits per heavy atom. The predicted molar refractivity (Wildman–Crippen MR) is 78.0 cm³/mol. The van der Waals surface area contributed by atoms with Crippen LogP contribution < -0.4 is 5.32 Å². The summed E-state index contributed by atoms with van der Waals surface area (Å²) in [5.41, 5.74) is 1.93. The third kappa shape index (κ3) is 3.45. The predicted octanol–water partition coefficient (Wildman–Crippen LogP) is 2.44. The van der Waals surface area contributed by atoms with Crippen LogP contribution in [0.3, 0.4) is 0 Å². The highest BCUT2D eigenvalue weighted by Gasteiger charge is 2.13. The molecule has 0 spiro atoms. The normalized spacial score (nSPS) is 12.3. The number of hydrogen-bond acceptors (Lipinski definition) is 4. The van der Waals surface area contributed by atoms with Gasteiger partial charge in [-0.15, -0.1) is 0 Å². The number of nitrogens with zero attached hydrogens (tertiary/aromatic N) is 1. The molecule has 1 aromatic heterocycles. The molecule has 0 aliphatic rings. The van der Waals surface area contributed by atoms with E-state index in [1.807, 2.05) is 31.2 Å². The maximum Gasteiger partial charge on any atom is 0.306 e. The number of rotatable bonds is 6. The van der Waals surface area contributed by atoms with E-state index in [1.165, 1.54) is 7.11 Å². The highest BCUT2D eigenvalue weighted by Crippen LogP contribution is 2.19. The molecule has 0 bridgehead atoms. The molecule has 1 unspecified atom stereocenters. The molecular formula is C15H18N2O3. The first-order valence-electron chi connectivity index (χ1n) is 6.45. The minimum absolute atomic E-state index is 0.0316. The van der Waals surface area contributed by atoms with Crippen LogP contribution in [0.4, 0.5) is 5.82 Å². The van der Waals surface area contributed by atoms with Crippen molar-refractivity contribution in [3.05, 3.63) is 35.9 Å². The first kappa shape index (κ1) is 14.3. The number of pyridine rings is 1. The molecule has 20 heavy (non-hydrogen) atoms. The first-order valence-corrected chi connectivity index (χ1v) is 6.45. The molecule has 0 aliphatic heterocycles. The maximum absolute atomic E-state index is 10.7. The third-order valence-corrected chi connectivity index (χ3v) is 3.15. The molecule has 0 saturated carbocycles. The fraction of sp³-hybridized carbons (Fsp3) is 0.333. The van der Waals surface area contributed by atoms with Gasteiger partial charge in [0.1, 0.15) is 5.82 Å². The molecule has 5 heteroatoms. The average molecular weight is 274 g/mol. The lowest BCUT2D eigenvalue weighted by Gasteiger charge is -2.16. The summed E-state index contributed by atoms with van der Waals surface area (Å²) in [6.07, 6.45) is -0.406. The van der Waals surface area contributed by atoms with Crippen molar-refractivity contribution in [1.29, 1.82) is 0 Å². The van der Waals surface area contributed by atoms with Crippen molar-refractivity contribution in [2.24, 2.45) is 0 Å². The minimum atomic E-state index is -0.873. The zero-order valence-electron chi connectivity index (χ0n) is 11.6. The maximum atomic E-state index is 10.7. The highest BCUT2D eigenvalue weighted by molar-refractivity contribution is 5.81. The average Bonchev–Trinajstić information content (AvgIpc) is 2.43. The van der Waals surface area contributed by atoms with Gasteiger partial charge in [0.2, 0.25) is 0 Å². The van der Waals surface area contributed by atoms with E-state index >= 15 is 0 Å². The van der Waals surface area contributed by atoms with Crippen LogP contribution in [-0.4, -0.2) is 35.8 Å². The van der Waals surface area contributed by atoms with Crippen molar-refractivity contribution in [3.8, 4) is 0 Å². The number of aryl methyl sites for hydroxylation is 1. The lowest BCUT2D eigenvalue weighted by Crippen LogP contribution is -2.25. The molecule has 2 N–H and O–H groups in total. The number of para-hydroxylation sites is 1. The van der Waals surface area contributed by atoms with Gasteiger partial charge in [-0.2, -0.15) is 0 Å². The molecule has 1 heterocycles. The van der Waals surface area contributed by atoms with Crippen LogP contribution in [0.2, 0.25) is 0 Å². The van der Waals surface area contributed by atoms with Crippen molar-refractivity contribution in [1.82, 2.24) is 4.98 Å². The monoisotopic (exact) mass is 274 g/mol.